The molecule has 0 bridgehead atoms. The zero-order chi connectivity index (χ0) is 23.6. The summed E-state index contributed by atoms with van der Waals surface area (Å²) in [5.41, 5.74) is -2.63. The van der Waals surface area contributed by atoms with Crippen molar-refractivity contribution in [3.8, 4) is 6.07 Å². The Labute approximate surface area is 182 Å². The molecule has 2 aromatic carbocycles. The lowest BCUT2D eigenvalue weighted by molar-refractivity contribution is -0.174. The smallest absolute Gasteiger partial charge is 0.376 e. The van der Waals surface area contributed by atoms with E-state index in [2.05, 4.69) is 0 Å². The zero-order valence-electron chi connectivity index (χ0n) is 15.7. The summed E-state index contributed by atoms with van der Waals surface area (Å²) in [6.45, 7) is 0. The van der Waals surface area contributed by atoms with Crippen LogP contribution in [0.5, 0.6) is 0 Å². The van der Waals surface area contributed by atoms with E-state index in [4.69, 9.17) is 16.9 Å². The number of nitrogens with zero attached hydrogens (tertiary/aromatic N) is 1. The van der Waals surface area contributed by atoms with Crippen LogP contribution in [0.25, 0.3) is 6.08 Å². The van der Waals surface area contributed by atoms with Crippen molar-refractivity contribution in [1.82, 2.24) is 0 Å². The summed E-state index contributed by atoms with van der Waals surface area (Å²) in [5, 5.41) is 18.9. The van der Waals surface area contributed by atoms with Gasteiger partial charge in [-0.2, -0.15) is 18.4 Å². The molecule has 2 aromatic rings. The van der Waals surface area contributed by atoms with E-state index in [1.54, 1.807) is 6.07 Å². The van der Waals surface area contributed by atoms with Gasteiger partial charge in [0.15, 0.2) is 15.3 Å². The minimum absolute atomic E-state index is 0.00709. The van der Waals surface area contributed by atoms with Crippen molar-refractivity contribution in [3.63, 3.8) is 0 Å². The first-order valence-electron chi connectivity index (χ1n) is 8.34. The Morgan fingerprint density at radius 2 is 1.61 bits per heavy atom. The summed E-state index contributed by atoms with van der Waals surface area (Å²) in [4.78, 5) is -0.901. The van der Waals surface area contributed by atoms with Gasteiger partial charge in [-0.3, -0.25) is 0 Å². The van der Waals surface area contributed by atoms with E-state index in [1.165, 1.54) is 18.2 Å². The maximum atomic E-state index is 13.5. The van der Waals surface area contributed by atoms with Crippen molar-refractivity contribution in [2.75, 3.05) is 6.26 Å². The highest BCUT2D eigenvalue weighted by Crippen LogP contribution is 2.35. The summed E-state index contributed by atoms with van der Waals surface area (Å²) < 4.78 is 88.6. The molecule has 0 aliphatic carbocycles. The van der Waals surface area contributed by atoms with Crippen LogP contribution in [0.4, 0.5) is 13.2 Å². The van der Waals surface area contributed by atoms with E-state index in [-0.39, 0.29) is 21.0 Å². The average molecular weight is 494 g/mol. The molecule has 0 amide bonds. The summed E-state index contributed by atoms with van der Waals surface area (Å²) in [6.07, 6.45) is -2.83. The van der Waals surface area contributed by atoms with Crippen molar-refractivity contribution in [2.24, 2.45) is 5.92 Å². The van der Waals surface area contributed by atoms with Crippen LogP contribution >= 0.6 is 11.6 Å². The van der Waals surface area contributed by atoms with Crippen molar-refractivity contribution < 1.29 is 35.1 Å². The Morgan fingerprint density at radius 3 is 2.06 bits per heavy atom. The van der Waals surface area contributed by atoms with Crippen LogP contribution in [-0.2, 0) is 19.7 Å². The van der Waals surface area contributed by atoms with Gasteiger partial charge in [0.25, 0.3) is 0 Å². The number of nitriles is 1. The Balaban J connectivity index is 2.41. The van der Waals surface area contributed by atoms with Crippen molar-refractivity contribution >= 4 is 37.4 Å². The Kier molecular flexibility index (Phi) is 7.22. The average Bonchev–Trinajstić information content (AvgIpc) is 2.66. The molecule has 0 fully saturated rings. The van der Waals surface area contributed by atoms with Crippen LogP contribution in [0.2, 0.25) is 5.02 Å². The predicted octanol–water partition coefficient (Wildman–Crippen LogP) is 3.60. The van der Waals surface area contributed by atoms with Gasteiger partial charge in [0.1, 0.15) is 12.0 Å². The third-order valence-electron chi connectivity index (χ3n) is 4.19. The molecule has 2 unspecified atom stereocenters. The SMILES string of the molecule is CS(=O)(=O)c1ccc(S(=O)(=O)C(O)C(C=Cc2ccc(C#N)c(Cl)c2)C(F)(F)F)cc1. The van der Waals surface area contributed by atoms with Gasteiger partial charge >= 0.3 is 6.18 Å². The molecule has 2 rings (SSSR count). The van der Waals surface area contributed by atoms with Crippen molar-refractivity contribution in [1.29, 1.82) is 5.26 Å². The number of aliphatic hydroxyl groups is 1. The largest absolute Gasteiger partial charge is 0.398 e. The number of aliphatic hydroxyl groups excluding tert-OH is 1. The molecule has 0 spiro atoms. The quantitative estimate of drug-likeness (QED) is 0.658. The van der Waals surface area contributed by atoms with Crippen LogP contribution in [-0.4, -0.2) is 39.8 Å². The molecule has 0 aliphatic heterocycles. The second-order valence-electron chi connectivity index (χ2n) is 6.46. The second-order valence-corrected chi connectivity index (χ2v) is 10.9. The molecule has 12 heteroatoms. The monoisotopic (exact) mass is 493 g/mol. The molecular weight excluding hydrogens is 479 g/mol. The standard InChI is InChI=1S/C19H15ClF3NO5S2/c1-30(26,27)14-5-7-15(8-6-14)31(28,29)18(25)16(19(21,22)23)9-3-12-2-4-13(11-24)17(20)10-12/h2-10,16,18,25H,1H3. The fraction of sp³-hybridized carbons (Fsp3) is 0.211. The summed E-state index contributed by atoms with van der Waals surface area (Å²) in [6, 6.07) is 9.06. The number of hydrogen-bond donors (Lipinski definition) is 1. The molecule has 166 valence electrons. The van der Waals surface area contributed by atoms with Crippen LogP contribution in [0, 0.1) is 17.2 Å². The van der Waals surface area contributed by atoms with Gasteiger partial charge in [-0.05, 0) is 42.0 Å². The molecule has 0 saturated heterocycles. The minimum Gasteiger partial charge on any atom is -0.376 e. The van der Waals surface area contributed by atoms with E-state index in [9.17, 15) is 35.1 Å². The first-order chi connectivity index (χ1) is 14.2. The van der Waals surface area contributed by atoms with Gasteiger partial charge < -0.3 is 5.11 Å². The van der Waals surface area contributed by atoms with Gasteiger partial charge in [-0.15, -0.1) is 0 Å². The molecule has 0 heterocycles. The molecule has 0 aliphatic rings. The first kappa shape index (κ1) is 24.9. The lowest BCUT2D eigenvalue weighted by Crippen LogP contribution is -2.38. The summed E-state index contributed by atoms with van der Waals surface area (Å²) >= 11 is 5.83. The number of rotatable bonds is 6. The molecule has 0 aromatic heterocycles. The summed E-state index contributed by atoms with van der Waals surface area (Å²) in [5.74, 6) is -2.79. The van der Waals surface area contributed by atoms with Crippen LogP contribution in [0.3, 0.4) is 0 Å². The maximum Gasteiger partial charge on any atom is 0.398 e. The number of hydrogen-bond acceptors (Lipinski definition) is 6. The van der Waals surface area contributed by atoms with Gasteiger partial charge in [0, 0.05) is 6.26 Å². The molecule has 2 atom stereocenters. The minimum atomic E-state index is -5.12. The number of benzene rings is 2. The molecule has 0 saturated carbocycles. The third-order valence-corrected chi connectivity index (χ3v) is 7.49. The van der Waals surface area contributed by atoms with Crippen LogP contribution in [0.1, 0.15) is 11.1 Å². The van der Waals surface area contributed by atoms with E-state index >= 15 is 0 Å². The molecule has 31 heavy (non-hydrogen) atoms. The van der Waals surface area contributed by atoms with Crippen molar-refractivity contribution in [3.05, 3.63) is 64.7 Å². The van der Waals surface area contributed by atoms with Gasteiger partial charge in [0.2, 0.25) is 9.84 Å². The topological polar surface area (TPSA) is 112 Å². The Bertz CT molecular complexity index is 1250. The Morgan fingerprint density at radius 1 is 1.06 bits per heavy atom. The van der Waals surface area contributed by atoms with Gasteiger partial charge in [-0.25, -0.2) is 16.8 Å². The normalized spacial score (nSPS) is 14.9. The second kappa shape index (κ2) is 9.00. The molecule has 1 N–H and O–H groups in total. The lowest BCUT2D eigenvalue weighted by Gasteiger charge is -2.23. The maximum absolute atomic E-state index is 13.5. The number of sulfone groups is 2. The number of halogens is 4. The highest BCUT2D eigenvalue weighted by molar-refractivity contribution is 7.92. The van der Waals surface area contributed by atoms with Crippen LogP contribution < -0.4 is 0 Å². The van der Waals surface area contributed by atoms with E-state index in [0.717, 1.165) is 36.6 Å². The van der Waals surface area contributed by atoms with Gasteiger partial charge in [-0.1, -0.05) is 29.8 Å². The van der Waals surface area contributed by atoms with E-state index < -0.39 is 42.1 Å². The lowest BCUT2D eigenvalue weighted by atomic mass is 10.1. The highest BCUT2D eigenvalue weighted by Gasteiger charge is 2.48. The fourth-order valence-corrected chi connectivity index (χ4v) is 4.80. The van der Waals surface area contributed by atoms with Crippen molar-refractivity contribution in [2.45, 2.75) is 21.4 Å². The Hall–Kier alpha value is -2.39. The number of alkyl halides is 3. The van der Waals surface area contributed by atoms with Gasteiger partial charge in [0.05, 0.1) is 20.4 Å². The molecular formula is C19H15ClF3NO5S2. The fourth-order valence-electron chi connectivity index (χ4n) is 2.52. The predicted molar refractivity (Wildman–Crippen MR) is 107 cm³/mol. The third kappa shape index (κ3) is 5.86. The highest BCUT2D eigenvalue weighted by atomic mass is 35.5. The first-order valence-corrected chi connectivity index (χ1v) is 12.2. The zero-order valence-corrected chi connectivity index (χ0v) is 18.1. The molecule has 6 nitrogen and oxygen atoms in total. The summed E-state index contributed by atoms with van der Waals surface area (Å²) in [7, 11) is -8.54. The van der Waals surface area contributed by atoms with E-state index in [1.807, 2.05) is 0 Å². The molecule has 0 radical (unpaired) electrons. The van der Waals surface area contributed by atoms with E-state index in [0.29, 0.717) is 6.08 Å². The van der Waals surface area contributed by atoms with Crippen LogP contribution in [0.15, 0.2) is 58.3 Å².